The summed E-state index contributed by atoms with van der Waals surface area (Å²) < 4.78 is 40.5. The quantitative estimate of drug-likeness (QED) is 0.545. The fraction of sp³-hybridized carbons (Fsp3) is 0.368. The van der Waals surface area contributed by atoms with Crippen molar-refractivity contribution in [3.05, 3.63) is 41.5 Å². The summed E-state index contributed by atoms with van der Waals surface area (Å²) in [6.07, 6.45) is -4.36. The van der Waals surface area contributed by atoms with E-state index in [2.05, 4.69) is 20.2 Å². The molecule has 0 aliphatic rings. The molecule has 0 spiro atoms. The van der Waals surface area contributed by atoms with Crippen LogP contribution < -0.4 is 9.80 Å². The number of hydrogen-bond donors (Lipinski definition) is 0. The second-order valence-corrected chi connectivity index (χ2v) is 7.99. The molecule has 1 aromatic carbocycles. The third kappa shape index (κ3) is 4.84. The summed E-state index contributed by atoms with van der Waals surface area (Å²) in [5.74, 6) is 2.16. The first-order valence-corrected chi connectivity index (χ1v) is 9.97. The molecule has 0 aliphatic heterocycles. The standard InChI is InChI=1S/C19H22F3N7S/c1-27(2)15-10-14(23-17(24-15)28(3)4)16-25-26-18(29(16)5)30-11-12-7-6-8-13(9-12)19(20,21)22/h6-10H,11H2,1-5H3. The summed E-state index contributed by atoms with van der Waals surface area (Å²) >= 11 is 1.31. The van der Waals surface area contributed by atoms with Crippen molar-refractivity contribution in [2.24, 2.45) is 7.05 Å². The van der Waals surface area contributed by atoms with Gasteiger partial charge in [0, 0.05) is 47.1 Å². The summed E-state index contributed by atoms with van der Waals surface area (Å²) in [4.78, 5) is 12.7. The van der Waals surface area contributed by atoms with Crippen LogP contribution in [-0.2, 0) is 19.0 Å². The van der Waals surface area contributed by atoms with Crippen LogP contribution in [0.2, 0.25) is 0 Å². The Morgan fingerprint density at radius 2 is 1.73 bits per heavy atom. The molecule has 0 bridgehead atoms. The zero-order valence-electron chi connectivity index (χ0n) is 17.3. The lowest BCUT2D eigenvalue weighted by Crippen LogP contribution is -2.17. The van der Waals surface area contributed by atoms with E-state index in [4.69, 9.17) is 0 Å². The van der Waals surface area contributed by atoms with Crippen LogP contribution in [0.3, 0.4) is 0 Å². The van der Waals surface area contributed by atoms with Crippen LogP contribution in [0.4, 0.5) is 24.9 Å². The van der Waals surface area contributed by atoms with Gasteiger partial charge in [-0.2, -0.15) is 18.2 Å². The summed E-state index contributed by atoms with van der Waals surface area (Å²) in [5.41, 5.74) is 0.511. The lowest BCUT2D eigenvalue weighted by Gasteiger charge is -2.17. The normalized spacial score (nSPS) is 11.6. The maximum Gasteiger partial charge on any atom is 0.416 e. The van der Waals surface area contributed by atoms with E-state index >= 15 is 0 Å². The number of alkyl halides is 3. The molecule has 2 heterocycles. The Labute approximate surface area is 177 Å². The van der Waals surface area contributed by atoms with Crippen LogP contribution in [0.5, 0.6) is 0 Å². The van der Waals surface area contributed by atoms with Gasteiger partial charge in [0.25, 0.3) is 0 Å². The minimum absolute atomic E-state index is 0.339. The monoisotopic (exact) mass is 437 g/mol. The van der Waals surface area contributed by atoms with E-state index in [0.29, 0.717) is 33.9 Å². The van der Waals surface area contributed by atoms with E-state index in [1.54, 1.807) is 22.6 Å². The highest BCUT2D eigenvalue weighted by Gasteiger charge is 2.30. The Hall–Kier alpha value is -2.82. The third-order valence-corrected chi connectivity index (χ3v) is 5.34. The van der Waals surface area contributed by atoms with Gasteiger partial charge in [-0.25, -0.2) is 4.98 Å². The van der Waals surface area contributed by atoms with E-state index < -0.39 is 11.7 Å². The lowest BCUT2D eigenvalue weighted by molar-refractivity contribution is -0.137. The van der Waals surface area contributed by atoms with Crippen molar-refractivity contribution in [1.82, 2.24) is 24.7 Å². The van der Waals surface area contributed by atoms with Crippen molar-refractivity contribution in [3.63, 3.8) is 0 Å². The molecule has 0 radical (unpaired) electrons. The highest BCUT2D eigenvalue weighted by Crippen LogP contribution is 2.31. The molecule has 0 unspecified atom stereocenters. The molecule has 0 aliphatic carbocycles. The molecule has 11 heteroatoms. The van der Waals surface area contributed by atoms with E-state index in [1.807, 2.05) is 39.2 Å². The highest BCUT2D eigenvalue weighted by molar-refractivity contribution is 7.98. The third-order valence-electron chi connectivity index (χ3n) is 4.25. The predicted octanol–water partition coefficient (Wildman–Crippen LogP) is 3.72. The predicted molar refractivity (Wildman–Crippen MR) is 112 cm³/mol. The van der Waals surface area contributed by atoms with Crippen molar-refractivity contribution < 1.29 is 13.2 Å². The Morgan fingerprint density at radius 1 is 1.00 bits per heavy atom. The first kappa shape index (κ1) is 21.9. The number of thioether (sulfide) groups is 1. The van der Waals surface area contributed by atoms with Crippen LogP contribution in [-0.4, -0.2) is 52.9 Å². The largest absolute Gasteiger partial charge is 0.416 e. The fourth-order valence-electron chi connectivity index (χ4n) is 2.61. The zero-order valence-corrected chi connectivity index (χ0v) is 18.1. The minimum Gasteiger partial charge on any atom is -0.363 e. The molecule has 0 N–H and O–H groups in total. The van der Waals surface area contributed by atoms with Crippen LogP contribution in [0.1, 0.15) is 11.1 Å². The smallest absolute Gasteiger partial charge is 0.363 e. The molecule has 0 saturated carbocycles. The van der Waals surface area contributed by atoms with Crippen LogP contribution in [0.15, 0.2) is 35.5 Å². The van der Waals surface area contributed by atoms with Gasteiger partial charge >= 0.3 is 6.18 Å². The molecular weight excluding hydrogens is 415 g/mol. The van der Waals surface area contributed by atoms with Gasteiger partial charge in [-0.15, -0.1) is 10.2 Å². The number of halogens is 3. The molecule has 0 atom stereocenters. The maximum atomic E-state index is 12.9. The Kier molecular flexibility index (Phi) is 6.20. The number of rotatable bonds is 6. The molecule has 3 rings (SSSR count). The first-order chi connectivity index (χ1) is 14.1. The van der Waals surface area contributed by atoms with Crippen molar-refractivity contribution in [1.29, 1.82) is 0 Å². The lowest BCUT2D eigenvalue weighted by atomic mass is 10.1. The number of benzene rings is 1. The number of anilines is 2. The second-order valence-electron chi connectivity index (χ2n) is 7.05. The van der Waals surface area contributed by atoms with Gasteiger partial charge in [-0.1, -0.05) is 30.0 Å². The number of nitrogens with zero attached hydrogens (tertiary/aromatic N) is 7. The van der Waals surface area contributed by atoms with Crippen molar-refractivity contribution in [2.45, 2.75) is 17.1 Å². The van der Waals surface area contributed by atoms with Crippen LogP contribution in [0, 0.1) is 0 Å². The summed E-state index contributed by atoms with van der Waals surface area (Å²) in [6.45, 7) is 0. The van der Waals surface area contributed by atoms with E-state index in [1.165, 1.54) is 17.8 Å². The van der Waals surface area contributed by atoms with Crippen LogP contribution >= 0.6 is 11.8 Å². The van der Waals surface area contributed by atoms with Gasteiger partial charge in [-0.05, 0) is 11.6 Å². The number of aromatic nitrogens is 5. The first-order valence-electron chi connectivity index (χ1n) is 8.98. The highest BCUT2D eigenvalue weighted by atomic mass is 32.2. The summed E-state index contributed by atoms with van der Waals surface area (Å²) in [5, 5.41) is 9.02. The van der Waals surface area contributed by atoms with Crippen molar-refractivity contribution >= 4 is 23.5 Å². The van der Waals surface area contributed by atoms with Gasteiger partial charge in [0.2, 0.25) is 5.95 Å². The van der Waals surface area contributed by atoms with Gasteiger partial charge < -0.3 is 14.4 Å². The van der Waals surface area contributed by atoms with Crippen molar-refractivity contribution in [3.8, 4) is 11.5 Å². The molecule has 160 valence electrons. The van der Waals surface area contributed by atoms with Gasteiger partial charge in [-0.3, -0.25) is 0 Å². The molecular formula is C19H22F3N7S. The van der Waals surface area contributed by atoms with Crippen molar-refractivity contribution in [2.75, 3.05) is 38.0 Å². The Balaban J connectivity index is 1.85. The van der Waals surface area contributed by atoms with Gasteiger partial charge in [0.05, 0.1) is 5.56 Å². The SMILES string of the molecule is CN(C)c1cc(-c2nnc(SCc3cccc(C(F)(F)F)c3)n2C)nc(N(C)C)n1. The Morgan fingerprint density at radius 3 is 2.37 bits per heavy atom. The average Bonchev–Trinajstić information content (AvgIpc) is 3.06. The summed E-state index contributed by atoms with van der Waals surface area (Å²) in [7, 11) is 9.28. The maximum absolute atomic E-state index is 12.9. The molecule has 0 saturated heterocycles. The van der Waals surface area contributed by atoms with Gasteiger partial charge in [0.15, 0.2) is 11.0 Å². The Bertz CT molecular complexity index is 1000. The molecule has 7 nitrogen and oxygen atoms in total. The molecule has 30 heavy (non-hydrogen) atoms. The zero-order chi connectivity index (χ0) is 22.1. The minimum atomic E-state index is -4.36. The van der Waals surface area contributed by atoms with E-state index in [-0.39, 0.29) is 0 Å². The topological polar surface area (TPSA) is 63.0 Å². The molecule has 0 amide bonds. The van der Waals surface area contributed by atoms with E-state index in [9.17, 15) is 13.2 Å². The number of hydrogen-bond acceptors (Lipinski definition) is 7. The average molecular weight is 437 g/mol. The molecule has 2 aromatic heterocycles. The second kappa shape index (κ2) is 8.50. The van der Waals surface area contributed by atoms with E-state index in [0.717, 1.165) is 18.0 Å². The van der Waals surface area contributed by atoms with Crippen LogP contribution in [0.25, 0.3) is 11.5 Å². The summed E-state index contributed by atoms with van der Waals surface area (Å²) in [6, 6.07) is 7.11. The molecule has 3 aromatic rings. The van der Waals surface area contributed by atoms with Gasteiger partial charge in [0.1, 0.15) is 11.5 Å². The molecule has 0 fully saturated rings. The fourth-order valence-corrected chi connectivity index (χ4v) is 3.47.